The van der Waals surface area contributed by atoms with Crippen LogP contribution in [0.2, 0.25) is 0 Å². The van der Waals surface area contributed by atoms with Gasteiger partial charge in [-0.1, -0.05) is 20.8 Å². The van der Waals surface area contributed by atoms with Crippen LogP contribution < -0.4 is 5.32 Å². The predicted molar refractivity (Wildman–Crippen MR) is 62.6 cm³/mol. The van der Waals surface area contributed by atoms with Gasteiger partial charge >= 0.3 is 0 Å². The third-order valence-corrected chi connectivity index (χ3v) is 2.39. The molecule has 1 N–H and O–H groups in total. The van der Waals surface area contributed by atoms with Gasteiger partial charge in [-0.2, -0.15) is 0 Å². The van der Waals surface area contributed by atoms with E-state index in [1.807, 2.05) is 0 Å². The van der Waals surface area contributed by atoms with E-state index in [2.05, 4.69) is 39.9 Å². The Labute approximate surface area is 89.4 Å². The van der Waals surface area contributed by atoms with E-state index in [-0.39, 0.29) is 5.60 Å². The van der Waals surface area contributed by atoms with Crippen LogP contribution in [-0.4, -0.2) is 25.3 Å². The molecule has 14 heavy (non-hydrogen) atoms. The van der Waals surface area contributed by atoms with Gasteiger partial charge in [-0.15, -0.1) is 0 Å². The van der Waals surface area contributed by atoms with Gasteiger partial charge in [0.2, 0.25) is 0 Å². The van der Waals surface area contributed by atoms with Gasteiger partial charge in [0.1, 0.15) is 0 Å². The van der Waals surface area contributed by atoms with E-state index in [0.29, 0.717) is 0 Å². The molecule has 2 heteroatoms. The molecule has 0 spiro atoms. The van der Waals surface area contributed by atoms with E-state index in [9.17, 15) is 0 Å². The van der Waals surface area contributed by atoms with Crippen molar-refractivity contribution in [3.05, 3.63) is 0 Å². The lowest BCUT2D eigenvalue weighted by Gasteiger charge is -2.23. The summed E-state index contributed by atoms with van der Waals surface area (Å²) >= 11 is 0. The number of hydrogen-bond donors (Lipinski definition) is 1. The van der Waals surface area contributed by atoms with Crippen LogP contribution in [-0.2, 0) is 4.74 Å². The van der Waals surface area contributed by atoms with Crippen molar-refractivity contribution in [1.82, 2.24) is 5.32 Å². The molecule has 0 radical (unpaired) electrons. The Morgan fingerprint density at radius 2 is 1.93 bits per heavy atom. The van der Waals surface area contributed by atoms with Crippen LogP contribution in [0.4, 0.5) is 0 Å². The van der Waals surface area contributed by atoms with Gasteiger partial charge in [0.05, 0.1) is 5.60 Å². The quantitative estimate of drug-likeness (QED) is 0.610. The molecule has 0 heterocycles. The normalized spacial score (nSPS) is 12.4. The third-order valence-electron chi connectivity index (χ3n) is 2.39. The first-order valence-electron chi connectivity index (χ1n) is 5.82. The van der Waals surface area contributed by atoms with Gasteiger partial charge in [-0.25, -0.2) is 0 Å². The largest absolute Gasteiger partial charge is 0.376 e. The van der Waals surface area contributed by atoms with Crippen molar-refractivity contribution in [1.29, 1.82) is 0 Å². The summed E-state index contributed by atoms with van der Waals surface area (Å²) in [5.74, 6) is 0.739. The van der Waals surface area contributed by atoms with Crippen LogP contribution in [0, 0.1) is 5.92 Å². The Kier molecular flexibility index (Phi) is 7.20. The molecular weight excluding hydrogens is 174 g/mol. The fraction of sp³-hybridized carbons (Fsp3) is 1.00. The van der Waals surface area contributed by atoms with E-state index < -0.39 is 0 Å². The molecule has 2 nitrogen and oxygen atoms in total. The molecule has 0 aliphatic heterocycles. The van der Waals surface area contributed by atoms with E-state index in [1.54, 1.807) is 0 Å². The lowest BCUT2D eigenvalue weighted by molar-refractivity contribution is -0.0208. The lowest BCUT2D eigenvalue weighted by Crippen LogP contribution is -2.26. The minimum atomic E-state index is 0.0536. The molecule has 0 saturated heterocycles. The standard InChI is InChI=1S/C12H27NO/c1-6-12(4,5)14-9-7-8-13-10-11(2)3/h11,13H,6-10H2,1-5H3. The van der Waals surface area contributed by atoms with Crippen molar-refractivity contribution in [2.75, 3.05) is 19.7 Å². The molecule has 0 atom stereocenters. The number of nitrogens with one attached hydrogen (secondary N) is 1. The Balaban J connectivity index is 3.21. The molecule has 0 amide bonds. The zero-order valence-corrected chi connectivity index (χ0v) is 10.5. The van der Waals surface area contributed by atoms with Crippen LogP contribution in [0.25, 0.3) is 0 Å². The maximum Gasteiger partial charge on any atom is 0.0623 e. The summed E-state index contributed by atoms with van der Waals surface area (Å²) in [5.41, 5.74) is 0.0536. The fourth-order valence-electron chi connectivity index (χ4n) is 1.04. The highest BCUT2D eigenvalue weighted by atomic mass is 16.5. The van der Waals surface area contributed by atoms with E-state index in [0.717, 1.165) is 38.5 Å². The molecule has 0 aromatic heterocycles. The third kappa shape index (κ3) is 8.52. The summed E-state index contributed by atoms with van der Waals surface area (Å²) in [6.07, 6.45) is 2.18. The van der Waals surface area contributed by atoms with Crippen molar-refractivity contribution in [3.8, 4) is 0 Å². The summed E-state index contributed by atoms with van der Waals surface area (Å²) in [4.78, 5) is 0. The molecule has 86 valence electrons. The average Bonchev–Trinajstić information content (AvgIpc) is 2.10. The highest BCUT2D eigenvalue weighted by molar-refractivity contribution is 4.65. The van der Waals surface area contributed by atoms with Gasteiger partial charge in [0, 0.05) is 6.61 Å². The number of rotatable bonds is 8. The van der Waals surface area contributed by atoms with Gasteiger partial charge in [0.15, 0.2) is 0 Å². The minimum Gasteiger partial charge on any atom is -0.376 e. The first-order chi connectivity index (χ1) is 6.48. The summed E-state index contributed by atoms with van der Waals surface area (Å²) < 4.78 is 5.75. The maximum atomic E-state index is 5.75. The predicted octanol–water partition coefficient (Wildman–Crippen LogP) is 2.83. The van der Waals surface area contributed by atoms with Gasteiger partial charge in [-0.05, 0) is 45.7 Å². The number of hydrogen-bond acceptors (Lipinski definition) is 2. The van der Waals surface area contributed by atoms with E-state index in [1.165, 1.54) is 0 Å². The van der Waals surface area contributed by atoms with Gasteiger partial charge in [-0.3, -0.25) is 0 Å². The van der Waals surface area contributed by atoms with Crippen LogP contribution >= 0.6 is 0 Å². The lowest BCUT2D eigenvalue weighted by atomic mass is 10.1. The molecular formula is C12H27NO. The Bertz CT molecular complexity index is 132. The van der Waals surface area contributed by atoms with Crippen LogP contribution in [0.5, 0.6) is 0 Å². The zero-order valence-electron chi connectivity index (χ0n) is 10.5. The van der Waals surface area contributed by atoms with Crippen molar-refractivity contribution in [2.45, 2.75) is 53.1 Å². The molecule has 0 saturated carbocycles. The highest BCUT2D eigenvalue weighted by Gasteiger charge is 2.13. The Morgan fingerprint density at radius 1 is 1.29 bits per heavy atom. The van der Waals surface area contributed by atoms with Crippen molar-refractivity contribution < 1.29 is 4.74 Å². The van der Waals surface area contributed by atoms with Crippen molar-refractivity contribution in [2.24, 2.45) is 5.92 Å². The molecule has 0 aromatic rings. The maximum absolute atomic E-state index is 5.75. The van der Waals surface area contributed by atoms with Crippen LogP contribution in [0.3, 0.4) is 0 Å². The second-order valence-electron chi connectivity index (χ2n) is 4.91. The SMILES string of the molecule is CCC(C)(C)OCCCNCC(C)C. The summed E-state index contributed by atoms with van der Waals surface area (Å²) in [7, 11) is 0. The molecule has 0 aliphatic rings. The monoisotopic (exact) mass is 201 g/mol. The Hall–Kier alpha value is -0.0800. The van der Waals surface area contributed by atoms with E-state index >= 15 is 0 Å². The summed E-state index contributed by atoms with van der Waals surface area (Å²) in [5, 5.41) is 3.41. The fourth-order valence-corrected chi connectivity index (χ4v) is 1.04. The molecule has 0 fully saturated rings. The van der Waals surface area contributed by atoms with Crippen LogP contribution in [0.1, 0.15) is 47.5 Å². The summed E-state index contributed by atoms with van der Waals surface area (Å²) in [6, 6.07) is 0. The van der Waals surface area contributed by atoms with Gasteiger partial charge in [0.25, 0.3) is 0 Å². The first-order valence-corrected chi connectivity index (χ1v) is 5.82. The molecule has 0 unspecified atom stereocenters. The summed E-state index contributed by atoms with van der Waals surface area (Å²) in [6.45, 7) is 14.0. The van der Waals surface area contributed by atoms with Gasteiger partial charge < -0.3 is 10.1 Å². The molecule has 0 aromatic carbocycles. The highest BCUT2D eigenvalue weighted by Crippen LogP contribution is 2.13. The average molecular weight is 201 g/mol. The van der Waals surface area contributed by atoms with E-state index in [4.69, 9.17) is 4.74 Å². The second kappa shape index (κ2) is 7.24. The van der Waals surface area contributed by atoms with Crippen molar-refractivity contribution >= 4 is 0 Å². The molecule has 0 rings (SSSR count). The molecule has 0 bridgehead atoms. The zero-order chi connectivity index (χ0) is 11.0. The van der Waals surface area contributed by atoms with Crippen molar-refractivity contribution in [3.63, 3.8) is 0 Å². The first kappa shape index (κ1) is 13.9. The second-order valence-corrected chi connectivity index (χ2v) is 4.91. The Morgan fingerprint density at radius 3 is 2.43 bits per heavy atom. The number of ether oxygens (including phenoxy) is 1. The molecule has 0 aliphatic carbocycles. The van der Waals surface area contributed by atoms with Crippen LogP contribution in [0.15, 0.2) is 0 Å². The topological polar surface area (TPSA) is 21.3 Å². The smallest absolute Gasteiger partial charge is 0.0623 e. The minimum absolute atomic E-state index is 0.0536.